The fourth-order valence-electron chi connectivity index (χ4n) is 0.994. The van der Waals surface area contributed by atoms with Crippen LogP contribution >= 0.6 is 11.6 Å². The van der Waals surface area contributed by atoms with Crippen molar-refractivity contribution in [3.05, 3.63) is 17.4 Å². The highest BCUT2D eigenvalue weighted by atomic mass is 35.5. The van der Waals surface area contributed by atoms with Gasteiger partial charge in [-0.25, -0.2) is 9.97 Å². The van der Waals surface area contributed by atoms with Gasteiger partial charge >= 0.3 is 0 Å². The van der Waals surface area contributed by atoms with E-state index in [4.69, 9.17) is 11.6 Å². The molecule has 1 rings (SSSR count). The predicted molar refractivity (Wildman–Crippen MR) is 58.7 cm³/mol. The summed E-state index contributed by atoms with van der Waals surface area (Å²) in [5, 5.41) is 6.91. The van der Waals surface area contributed by atoms with E-state index >= 15 is 0 Å². The van der Waals surface area contributed by atoms with Crippen molar-refractivity contribution in [3.63, 3.8) is 0 Å². The Bertz CT molecular complexity index is 249. The number of hydrogen-bond acceptors (Lipinski definition) is 4. The lowest BCUT2D eigenvalue weighted by Crippen LogP contribution is -2.17. The Balaban J connectivity index is 2.15. The third-order valence-electron chi connectivity index (χ3n) is 1.68. The van der Waals surface area contributed by atoms with Gasteiger partial charge in [-0.2, -0.15) is 0 Å². The Morgan fingerprint density at radius 2 is 2.00 bits per heavy atom. The Morgan fingerprint density at radius 1 is 1.29 bits per heavy atom. The standard InChI is InChI=1S/C9H15ClN4/c1-2-11-4-3-5-12-9-13-6-8(10)7-14-9/h6-7,11H,2-5H2,1H3,(H,12,13,14). The van der Waals surface area contributed by atoms with E-state index in [1.807, 2.05) is 0 Å². The predicted octanol–water partition coefficient (Wildman–Crippen LogP) is 1.54. The average Bonchev–Trinajstić information content (AvgIpc) is 2.21. The Morgan fingerprint density at radius 3 is 2.64 bits per heavy atom. The summed E-state index contributed by atoms with van der Waals surface area (Å²) in [7, 11) is 0. The molecule has 78 valence electrons. The summed E-state index contributed by atoms with van der Waals surface area (Å²) in [4.78, 5) is 8.04. The topological polar surface area (TPSA) is 49.8 Å². The van der Waals surface area contributed by atoms with Gasteiger partial charge in [-0.1, -0.05) is 18.5 Å². The highest BCUT2D eigenvalue weighted by Gasteiger charge is 1.94. The molecule has 2 N–H and O–H groups in total. The molecule has 1 aromatic rings. The minimum atomic E-state index is 0.559. The number of rotatable bonds is 6. The van der Waals surface area contributed by atoms with E-state index in [-0.39, 0.29) is 0 Å². The molecule has 1 heterocycles. The second-order valence-electron chi connectivity index (χ2n) is 2.86. The van der Waals surface area contributed by atoms with E-state index in [2.05, 4.69) is 27.5 Å². The average molecular weight is 215 g/mol. The van der Waals surface area contributed by atoms with Gasteiger partial charge in [-0.3, -0.25) is 0 Å². The molecular weight excluding hydrogens is 200 g/mol. The molecule has 0 aromatic carbocycles. The molecule has 0 fully saturated rings. The van der Waals surface area contributed by atoms with E-state index in [9.17, 15) is 0 Å². The van der Waals surface area contributed by atoms with Crippen LogP contribution in [0.5, 0.6) is 0 Å². The lowest BCUT2D eigenvalue weighted by atomic mass is 10.4. The van der Waals surface area contributed by atoms with Crippen LogP contribution in [-0.2, 0) is 0 Å². The Kier molecular flexibility index (Phi) is 5.25. The molecule has 0 saturated carbocycles. The first-order chi connectivity index (χ1) is 6.83. The van der Waals surface area contributed by atoms with Gasteiger partial charge in [0.05, 0.1) is 17.4 Å². The molecule has 5 heteroatoms. The molecule has 0 aliphatic rings. The third kappa shape index (κ3) is 4.39. The van der Waals surface area contributed by atoms with Crippen molar-refractivity contribution in [1.82, 2.24) is 15.3 Å². The van der Waals surface area contributed by atoms with Crippen LogP contribution in [0.25, 0.3) is 0 Å². The van der Waals surface area contributed by atoms with Gasteiger partial charge in [-0.15, -0.1) is 0 Å². The van der Waals surface area contributed by atoms with Crippen LogP contribution in [-0.4, -0.2) is 29.6 Å². The second kappa shape index (κ2) is 6.56. The van der Waals surface area contributed by atoms with Crippen LogP contribution in [0.3, 0.4) is 0 Å². The normalized spacial score (nSPS) is 10.1. The first kappa shape index (κ1) is 11.2. The van der Waals surface area contributed by atoms with Crippen LogP contribution in [0.4, 0.5) is 5.95 Å². The summed E-state index contributed by atoms with van der Waals surface area (Å²) in [5.74, 6) is 0.630. The fourth-order valence-corrected chi connectivity index (χ4v) is 1.09. The molecule has 0 amide bonds. The van der Waals surface area contributed by atoms with Gasteiger partial charge in [0.15, 0.2) is 0 Å². The van der Waals surface area contributed by atoms with Gasteiger partial charge in [0, 0.05) is 6.54 Å². The molecule has 0 aliphatic carbocycles. The lowest BCUT2D eigenvalue weighted by Gasteiger charge is -2.04. The number of nitrogens with zero attached hydrogens (tertiary/aromatic N) is 2. The highest BCUT2D eigenvalue weighted by molar-refractivity contribution is 6.30. The molecular formula is C9H15ClN4. The maximum absolute atomic E-state index is 5.65. The van der Waals surface area contributed by atoms with Crippen molar-refractivity contribution in [1.29, 1.82) is 0 Å². The van der Waals surface area contributed by atoms with E-state index in [0.717, 1.165) is 26.1 Å². The summed E-state index contributed by atoms with van der Waals surface area (Å²) in [6.07, 6.45) is 4.22. The zero-order valence-corrected chi connectivity index (χ0v) is 9.01. The van der Waals surface area contributed by atoms with Crippen molar-refractivity contribution in [2.75, 3.05) is 25.0 Å². The fraction of sp³-hybridized carbons (Fsp3) is 0.556. The number of nitrogens with one attached hydrogen (secondary N) is 2. The van der Waals surface area contributed by atoms with Gasteiger partial charge in [0.1, 0.15) is 0 Å². The molecule has 0 unspecified atom stereocenters. The van der Waals surface area contributed by atoms with Crippen LogP contribution < -0.4 is 10.6 Å². The van der Waals surface area contributed by atoms with Crippen LogP contribution in [0.1, 0.15) is 13.3 Å². The molecule has 0 bridgehead atoms. The molecule has 0 atom stereocenters. The Labute approximate surface area is 89.1 Å². The lowest BCUT2D eigenvalue weighted by molar-refractivity contribution is 0.687. The van der Waals surface area contributed by atoms with E-state index in [0.29, 0.717) is 11.0 Å². The third-order valence-corrected chi connectivity index (χ3v) is 1.88. The van der Waals surface area contributed by atoms with Crippen molar-refractivity contribution in [2.24, 2.45) is 0 Å². The molecule has 4 nitrogen and oxygen atoms in total. The van der Waals surface area contributed by atoms with Crippen LogP contribution in [0.15, 0.2) is 12.4 Å². The summed E-state index contributed by atoms with van der Waals surface area (Å²) in [6.45, 7) is 4.99. The maximum Gasteiger partial charge on any atom is 0.222 e. The molecule has 0 spiro atoms. The summed E-state index contributed by atoms with van der Waals surface area (Å²) in [6, 6.07) is 0. The first-order valence-electron chi connectivity index (χ1n) is 4.75. The quantitative estimate of drug-likeness (QED) is 0.706. The summed E-state index contributed by atoms with van der Waals surface area (Å²) in [5.41, 5.74) is 0. The van der Waals surface area contributed by atoms with Crippen molar-refractivity contribution < 1.29 is 0 Å². The Hall–Kier alpha value is -0.870. The zero-order chi connectivity index (χ0) is 10.2. The van der Waals surface area contributed by atoms with Crippen LogP contribution in [0, 0.1) is 0 Å². The molecule has 14 heavy (non-hydrogen) atoms. The minimum Gasteiger partial charge on any atom is -0.354 e. The van der Waals surface area contributed by atoms with E-state index in [1.165, 1.54) is 0 Å². The molecule has 0 saturated heterocycles. The smallest absolute Gasteiger partial charge is 0.222 e. The zero-order valence-electron chi connectivity index (χ0n) is 8.26. The van der Waals surface area contributed by atoms with Crippen molar-refractivity contribution >= 4 is 17.5 Å². The van der Waals surface area contributed by atoms with Crippen molar-refractivity contribution in [2.45, 2.75) is 13.3 Å². The van der Waals surface area contributed by atoms with Gasteiger partial charge < -0.3 is 10.6 Å². The largest absolute Gasteiger partial charge is 0.354 e. The second-order valence-corrected chi connectivity index (χ2v) is 3.30. The number of aromatic nitrogens is 2. The van der Waals surface area contributed by atoms with E-state index in [1.54, 1.807) is 12.4 Å². The van der Waals surface area contributed by atoms with Gasteiger partial charge in [0.25, 0.3) is 0 Å². The monoisotopic (exact) mass is 214 g/mol. The molecule has 1 aromatic heterocycles. The van der Waals surface area contributed by atoms with Crippen molar-refractivity contribution in [3.8, 4) is 0 Å². The van der Waals surface area contributed by atoms with Crippen LogP contribution in [0.2, 0.25) is 5.02 Å². The summed E-state index contributed by atoms with van der Waals surface area (Å²) < 4.78 is 0. The maximum atomic E-state index is 5.65. The minimum absolute atomic E-state index is 0.559. The molecule has 0 aliphatic heterocycles. The van der Waals surface area contributed by atoms with Gasteiger partial charge in [-0.05, 0) is 19.5 Å². The number of anilines is 1. The first-order valence-corrected chi connectivity index (χ1v) is 5.13. The number of halogens is 1. The van der Waals surface area contributed by atoms with E-state index < -0.39 is 0 Å². The summed E-state index contributed by atoms with van der Waals surface area (Å²) >= 11 is 5.65. The highest BCUT2D eigenvalue weighted by Crippen LogP contribution is 2.04. The van der Waals surface area contributed by atoms with Gasteiger partial charge in [0.2, 0.25) is 5.95 Å². The SMILES string of the molecule is CCNCCCNc1ncc(Cl)cn1. The molecule has 0 radical (unpaired) electrons. The number of hydrogen-bond donors (Lipinski definition) is 2.